The van der Waals surface area contributed by atoms with Crippen molar-refractivity contribution in [1.29, 1.82) is 0 Å². The van der Waals surface area contributed by atoms with E-state index in [0.717, 1.165) is 12.0 Å². The fraction of sp³-hybridized carbons (Fsp3) is 0.333. The Morgan fingerprint density at radius 3 is 2.58 bits per heavy atom. The molecule has 1 aromatic carbocycles. The van der Waals surface area contributed by atoms with Gasteiger partial charge in [0.2, 0.25) is 0 Å². The highest BCUT2D eigenvalue weighted by atomic mass is 13.9. The first-order chi connectivity index (χ1) is 6.18. The molecule has 0 spiro atoms. The van der Waals surface area contributed by atoms with Gasteiger partial charge in [0.05, 0.1) is 1.37 Å². The summed E-state index contributed by atoms with van der Waals surface area (Å²) in [6, 6.07) is 10.7. The van der Waals surface area contributed by atoms with Crippen LogP contribution in [0.1, 0.15) is 27.2 Å². The van der Waals surface area contributed by atoms with Crippen molar-refractivity contribution in [3.8, 4) is 0 Å². The van der Waals surface area contributed by atoms with Gasteiger partial charge in [-0.2, -0.15) is 0 Å². The van der Waals surface area contributed by atoms with Crippen molar-refractivity contribution in [3.05, 3.63) is 41.9 Å². The van der Waals surface area contributed by atoms with Crippen molar-refractivity contribution in [2.75, 3.05) is 0 Å². The third-order valence-electron chi connectivity index (χ3n) is 1.59. The standard InChI is InChI=1S/C12H16/c1-11(2)7-6-10-12-8-4-3-5-9-12/h3-6,8-11H,7H2,1-2H3/b10-6+/i6D. The summed E-state index contributed by atoms with van der Waals surface area (Å²) in [5.74, 6) is 0.562. The van der Waals surface area contributed by atoms with Gasteiger partial charge in [0.15, 0.2) is 0 Å². The van der Waals surface area contributed by atoms with Gasteiger partial charge >= 0.3 is 0 Å². The van der Waals surface area contributed by atoms with Crippen LogP contribution in [0.15, 0.2) is 36.4 Å². The summed E-state index contributed by atoms with van der Waals surface area (Å²) >= 11 is 0. The van der Waals surface area contributed by atoms with Crippen LogP contribution in [0.25, 0.3) is 6.08 Å². The number of hydrogen-bond donors (Lipinski definition) is 0. The van der Waals surface area contributed by atoms with Gasteiger partial charge in [-0.15, -0.1) is 0 Å². The third kappa shape index (κ3) is 3.38. The van der Waals surface area contributed by atoms with Gasteiger partial charge < -0.3 is 0 Å². The minimum absolute atomic E-state index is 0.562. The van der Waals surface area contributed by atoms with Crippen LogP contribution >= 0.6 is 0 Å². The Bertz CT molecular complexity index is 272. The Morgan fingerprint density at radius 2 is 2.00 bits per heavy atom. The number of benzene rings is 1. The molecule has 1 aromatic rings. The van der Waals surface area contributed by atoms with Gasteiger partial charge in [-0.05, 0) is 17.9 Å². The molecule has 0 unspecified atom stereocenters. The molecule has 64 valence electrons. The van der Waals surface area contributed by atoms with Crippen LogP contribution in [0, 0.1) is 5.92 Å². The maximum atomic E-state index is 7.70. The third-order valence-corrected chi connectivity index (χ3v) is 1.59. The van der Waals surface area contributed by atoms with E-state index in [2.05, 4.69) is 13.8 Å². The molecular formula is C12H16. The Labute approximate surface area is 76.3 Å². The van der Waals surface area contributed by atoms with Crippen LogP contribution in [-0.2, 0) is 0 Å². The lowest BCUT2D eigenvalue weighted by molar-refractivity contribution is 0.665. The first-order valence-corrected chi connectivity index (χ1v) is 4.40. The van der Waals surface area contributed by atoms with E-state index >= 15 is 0 Å². The van der Waals surface area contributed by atoms with Crippen LogP contribution in [0.4, 0.5) is 0 Å². The smallest absolute Gasteiger partial charge is 0.0576 e. The van der Waals surface area contributed by atoms with Gasteiger partial charge in [-0.3, -0.25) is 0 Å². The number of allylic oxidation sites excluding steroid dienone is 1. The summed E-state index contributed by atoms with van der Waals surface area (Å²) in [6.07, 6.45) is 2.79. The Morgan fingerprint density at radius 1 is 1.33 bits per heavy atom. The van der Waals surface area contributed by atoms with Gasteiger partial charge in [0.25, 0.3) is 0 Å². The molecule has 0 aliphatic carbocycles. The van der Waals surface area contributed by atoms with Crippen LogP contribution in [0.5, 0.6) is 0 Å². The molecule has 0 heteroatoms. The lowest BCUT2D eigenvalue weighted by Gasteiger charge is -1.96. The van der Waals surface area contributed by atoms with E-state index in [1.165, 1.54) is 0 Å². The quantitative estimate of drug-likeness (QED) is 0.633. The Hall–Kier alpha value is -1.04. The molecule has 0 heterocycles. The Balaban J connectivity index is 2.66. The SMILES string of the molecule is [2H]/C(=C\c1ccccc1)CC(C)C. The van der Waals surface area contributed by atoms with E-state index < -0.39 is 0 Å². The van der Waals surface area contributed by atoms with Crippen molar-refractivity contribution >= 4 is 6.08 Å². The molecule has 0 saturated heterocycles. The highest BCUT2D eigenvalue weighted by molar-refractivity contribution is 5.48. The zero-order chi connectivity index (χ0) is 9.68. The normalized spacial score (nSPS) is 13.2. The van der Waals surface area contributed by atoms with Crippen LogP contribution < -0.4 is 0 Å². The zero-order valence-corrected chi connectivity index (χ0v) is 7.75. The number of rotatable bonds is 3. The maximum absolute atomic E-state index is 7.70. The molecule has 0 nitrogen and oxygen atoms in total. The van der Waals surface area contributed by atoms with E-state index in [1.54, 1.807) is 0 Å². The minimum atomic E-state index is 0.562. The molecule has 0 amide bonds. The summed E-state index contributed by atoms with van der Waals surface area (Å²) in [7, 11) is 0. The van der Waals surface area contributed by atoms with E-state index in [-0.39, 0.29) is 0 Å². The van der Waals surface area contributed by atoms with Crippen molar-refractivity contribution in [3.63, 3.8) is 0 Å². The molecule has 12 heavy (non-hydrogen) atoms. The van der Waals surface area contributed by atoms with Gasteiger partial charge in [-0.1, -0.05) is 56.3 Å². The number of hydrogen-bond acceptors (Lipinski definition) is 0. The summed E-state index contributed by atoms with van der Waals surface area (Å²) < 4.78 is 7.70. The van der Waals surface area contributed by atoms with E-state index in [9.17, 15) is 0 Å². The first-order valence-electron chi connectivity index (χ1n) is 4.90. The van der Waals surface area contributed by atoms with Crippen LogP contribution in [-0.4, -0.2) is 0 Å². The molecule has 0 bridgehead atoms. The molecule has 0 aliphatic rings. The second-order valence-electron chi connectivity index (χ2n) is 3.36. The molecule has 0 saturated carbocycles. The maximum Gasteiger partial charge on any atom is 0.0576 e. The minimum Gasteiger partial charge on any atom is -0.0837 e. The van der Waals surface area contributed by atoms with Crippen molar-refractivity contribution < 1.29 is 1.37 Å². The predicted molar refractivity (Wildman–Crippen MR) is 54.9 cm³/mol. The highest BCUT2D eigenvalue weighted by Crippen LogP contribution is 2.05. The molecule has 0 atom stereocenters. The van der Waals surface area contributed by atoms with Crippen molar-refractivity contribution in [2.45, 2.75) is 20.3 Å². The van der Waals surface area contributed by atoms with Crippen molar-refractivity contribution in [1.82, 2.24) is 0 Å². The topological polar surface area (TPSA) is 0 Å². The summed E-state index contributed by atoms with van der Waals surface area (Å²) in [6.45, 7) is 4.26. The van der Waals surface area contributed by atoms with Crippen LogP contribution in [0.3, 0.4) is 0 Å². The molecule has 1 rings (SSSR count). The molecule has 0 fully saturated rings. The van der Waals surface area contributed by atoms with Gasteiger partial charge in [-0.25, -0.2) is 0 Å². The lowest BCUT2D eigenvalue weighted by atomic mass is 10.1. The molecular weight excluding hydrogens is 144 g/mol. The summed E-state index contributed by atoms with van der Waals surface area (Å²) in [5, 5.41) is 0. The fourth-order valence-corrected chi connectivity index (χ4v) is 0.962. The lowest BCUT2D eigenvalue weighted by Crippen LogP contribution is -1.80. The molecule has 0 aromatic heterocycles. The van der Waals surface area contributed by atoms with E-state index in [4.69, 9.17) is 1.37 Å². The molecule has 0 N–H and O–H groups in total. The predicted octanol–water partition coefficient (Wildman–Crippen LogP) is 3.75. The fourth-order valence-electron chi connectivity index (χ4n) is 0.962. The molecule has 0 aliphatic heterocycles. The van der Waals surface area contributed by atoms with Crippen LogP contribution in [0.2, 0.25) is 0 Å². The largest absolute Gasteiger partial charge is 0.0837 e. The Kier molecular flexibility index (Phi) is 3.02. The highest BCUT2D eigenvalue weighted by Gasteiger charge is 1.87. The second kappa shape index (κ2) is 4.76. The summed E-state index contributed by atoms with van der Waals surface area (Å²) in [4.78, 5) is 0. The zero-order valence-electron chi connectivity index (χ0n) is 8.75. The second-order valence-corrected chi connectivity index (χ2v) is 3.36. The monoisotopic (exact) mass is 161 g/mol. The summed E-state index contributed by atoms with van der Waals surface area (Å²) in [5.41, 5.74) is 1.12. The first kappa shape index (κ1) is 7.60. The van der Waals surface area contributed by atoms with E-state index in [1.807, 2.05) is 36.4 Å². The average Bonchev–Trinajstić information content (AvgIpc) is 2.04. The van der Waals surface area contributed by atoms with E-state index in [0.29, 0.717) is 12.0 Å². The van der Waals surface area contributed by atoms with Gasteiger partial charge in [0.1, 0.15) is 0 Å². The molecule has 0 radical (unpaired) electrons. The van der Waals surface area contributed by atoms with Gasteiger partial charge in [0, 0.05) is 0 Å². The van der Waals surface area contributed by atoms with Crippen molar-refractivity contribution in [2.24, 2.45) is 5.92 Å². The average molecular weight is 161 g/mol.